The Labute approximate surface area is 195 Å². The number of hydrogen-bond acceptors (Lipinski definition) is 5. The van der Waals surface area contributed by atoms with E-state index in [1.165, 1.54) is 0 Å². The number of rotatable bonds is 9. The SMILES string of the molecule is Cc1c(COc2ccc(CCC(C)(C)O)cn2)nc2ccccc2c1OCc1ccccc1. The van der Waals surface area contributed by atoms with E-state index in [0.717, 1.165) is 45.5 Å². The van der Waals surface area contributed by atoms with Crippen molar-refractivity contribution in [1.29, 1.82) is 0 Å². The highest BCUT2D eigenvalue weighted by atomic mass is 16.5. The van der Waals surface area contributed by atoms with Crippen molar-refractivity contribution in [2.45, 2.75) is 52.4 Å². The van der Waals surface area contributed by atoms with E-state index >= 15 is 0 Å². The highest BCUT2D eigenvalue weighted by molar-refractivity contribution is 5.86. The molecule has 4 rings (SSSR count). The standard InChI is InChI=1S/C28H30N2O3/c1-20-25(19-32-26-14-13-21(17-29-26)15-16-28(2,3)31)30-24-12-8-7-11-23(24)27(20)33-18-22-9-5-4-6-10-22/h4-14,17,31H,15-16,18-19H2,1-3H3. The first kappa shape index (κ1) is 22.7. The minimum Gasteiger partial charge on any atom is -0.488 e. The van der Waals surface area contributed by atoms with Crippen molar-refractivity contribution in [3.8, 4) is 11.6 Å². The van der Waals surface area contributed by atoms with Gasteiger partial charge in [0.2, 0.25) is 5.88 Å². The van der Waals surface area contributed by atoms with Gasteiger partial charge in [0.1, 0.15) is 19.0 Å². The summed E-state index contributed by atoms with van der Waals surface area (Å²) < 4.78 is 12.2. The Balaban J connectivity index is 1.50. The molecule has 0 amide bonds. The summed E-state index contributed by atoms with van der Waals surface area (Å²) in [4.78, 5) is 9.24. The van der Waals surface area contributed by atoms with E-state index in [9.17, 15) is 5.11 Å². The van der Waals surface area contributed by atoms with Crippen LogP contribution >= 0.6 is 0 Å². The van der Waals surface area contributed by atoms with Gasteiger partial charge in [0.05, 0.1) is 16.8 Å². The molecular formula is C28H30N2O3. The summed E-state index contributed by atoms with van der Waals surface area (Å²) in [7, 11) is 0. The summed E-state index contributed by atoms with van der Waals surface area (Å²) in [5.41, 5.74) is 4.16. The molecule has 4 aromatic rings. The van der Waals surface area contributed by atoms with E-state index in [0.29, 0.717) is 25.5 Å². The molecule has 0 bridgehead atoms. The van der Waals surface area contributed by atoms with Crippen LogP contribution < -0.4 is 9.47 Å². The quantitative estimate of drug-likeness (QED) is 0.355. The number of pyridine rings is 2. The molecule has 0 fully saturated rings. The monoisotopic (exact) mass is 442 g/mol. The van der Waals surface area contributed by atoms with Gasteiger partial charge in [-0.05, 0) is 56.9 Å². The van der Waals surface area contributed by atoms with Crippen molar-refractivity contribution < 1.29 is 14.6 Å². The van der Waals surface area contributed by atoms with E-state index < -0.39 is 5.60 Å². The van der Waals surface area contributed by atoms with E-state index in [1.807, 2.05) is 75.4 Å². The Bertz CT molecular complexity index is 1200. The number of hydrogen-bond donors (Lipinski definition) is 1. The first-order chi connectivity index (χ1) is 15.9. The lowest BCUT2D eigenvalue weighted by Crippen LogP contribution is -2.19. The van der Waals surface area contributed by atoms with Crippen molar-refractivity contribution in [1.82, 2.24) is 9.97 Å². The molecule has 2 aromatic carbocycles. The normalized spacial score (nSPS) is 11.5. The van der Waals surface area contributed by atoms with Crippen molar-refractivity contribution in [2.75, 3.05) is 0 Å². The van der Waals surface area contributed by atoms with Crippen molar-refractivity contribution >= 4 is 10.9 Å². The largest absolute Gasteiger partial charge is 0.488 e. The van der Waals surface area contributed by atoms with Crippen LogP contribution in [0.4, 0.5) is 0 Å². The first-order valence-corrected chi connectivity index (χ1v) is 11.2. The van der Waals surface area contributed by atoms with E-state index in [-0.39, 0.29) is 0 Å². The molecule has 0 aliphatic carbocycles. The summed E-state index contributed by atoms with van der Waals surface area (Å²) in [5.74, 6) is 1.38. The van der Waals surface area contributed by atoms with Crippen molar-refractivity contribution in [2.24, 2.45) is 0 Å². The van der Waals surface area contributed by atoms with Gasteiger partial charge >= 0.3 is 0 Å². The molecule has 33 heavy (non-hydrogen) atoms. The van der Waals surface area contributed by atoms with Crippen LogP contribution in [0.15, 0.2) is 72.9 Å². The molecule has 1 N–H and O–H groups in total. The van der Waals surface area contributed by atoms with Crippen molar-refractivity contribution in [3.05, 3.63) is 95.3 Å². The molecule has 0 aliphatic heterocycles. The lowest BCUT2D eigenvalue weighted by atomic mass is 10.00. The van der Waals surface area contributed by atoms with Gasteiger partial charge < -0.3 is 14.6 Å². The number of aromatic nitrogens is 2. The van der Waals surface area contributed by atoms with Gasteiger partial charge in [0.15, 0.2) is 0 Å². The second-order valence-electron chi connectivity index (χ2n) is 8.91. The van der Waals surface area contributed by atoms with Gasteiger partial charge in [-0.2, -0.15) is 0 Å². The third kappa shape index (κ3) is 6.08. The maximum absolute atomic E-state index is 9.91. The smallest absolute Gasteiger partial charge is 0.213 e. The molecular weight excluding hydrogens is 412 g/mol. The Morgan fingerprint density at radius 3 is 2.33 bits per heavy atom. The average molecular weight is 443 g/mol. The molecule has 0 saturated carbocycles. The zero-order chi connectivity index (χ0) is 23.3. The highest BCUT2D eigenvalue weighted by Crippen LogP contribution is 2.31. The van der Waals surface area contributed by atoms with Crippen LogP contribution in [0.25, 0.3) is 10.9 Å². The van der Waals surface area contributed by atoms with Crippen LogP contribution in [0.5, 0.6) is 11.6 Å². The Kier molecular flexibility index (Phi) is 6.90. The Morgan fingerprint density at radius 2 is 1.61 bits per heavy atom. The second kappa shape index (κ2) is 10.0. The Hall–Kier alpha value is -3.44. The summed E-state index contributed by atoms with van der Waals surface area (Å²) in [5, 5.41) is 10.9. The van der Waals surface area contributed by atoms with Gasteiger partial charge in [-0.25, -0.2) is 9.97 Å². The predicted octanol–water partition coefficient (Wildman–Crippen LogP) is 5.80. The Morgan fingerprint density at radius 1 is 0.848 bits per heavy atom. The minimum absolute atomic E-state index is 0.300. The molecule has 2 aromatic heterocycles. The highest BCUT2D eigenvalue weighted by Gasteiger charge is 2.15. The molecule has 0 aliphatic rings. The number of ether oxygens (including phenoxy) is 2. The van der Waals surface area contributed by atoms with Crippen LogP contribution in [-0.2, 0) is 19.6 Å². The predicted molar refractivity (Wildman–Crippen MR) is 130 cm³/mol. The molecule has 2 heterocycles. The summed E-state index contributed by atoms with van der Waals surface area (Å²) in [6.07, 6.45) is 3.25. The number of fused-ring (bicyclic) bond motifs is 1. The molecule has 0 saturated heterocycles. The summed E-state index contributed by atoms with van der Waals surface area (Å²) in [6.45, 7) is 6.44. The summed E-state index contributed by atoms with van der Waals surface area (Å²) >= 11 is 0. The fourth-order valence-electron chi connectivity index (χ4n) is 3.62. The lowest BCUT2D eigenvalue weighted by Gasteiger charge is -2.17. The van der Waals surface area contributed by atoms with Crippen LogP contribution in [0.1, 0.15) is 42.7 Å². The number of benzene rings is 2. The summed E-state index contributed by atoms with van der Waals surface area (Å²) in [6, 6.07) is 22.0. The maximum Gasteiger partial charge on any atom is 0.213 e. The fraction of sp³-hybridized carbons (Fsp3) is 0.286. The molecule has 5 nitrogen and oxygen atoms in total. The third-order valence-electron chi connectivity index (χ3n) is 5.58. The van der Waals surface area contributed by atoms with Gasteiger partial charge in [-0.15, -0.1) is 0 Å². The second-order valence-corrected chi connectivity index (χ2v) is 8.91. The number of aliphatic hydroxyl groups is 1. The topological polar surface area (TPSA) is 64.5 Å². The van der Waals surface area contributed by atoms with Gasteiger partial charge in [0, 0.05) is 23.2 Å². The molecule has 170 valence electrons. The fourth-order valence-corrected chi connectivity index (χ4v) is 3.62. The number of nitrogens with zero attached hydrogens (tertiary/aromatic N) is 2. The van der Waals surface area contributed by atoms with E-state index in [2.05, 4.69) is 17.1 Å². The minimum atomic E-state index is -0.686. The van der Waals surface area contributed by atoms with Crippen LogP contribution in [-0.4, -0.2) is 20.7 Å². The van der Waals surface area contributed by atoms with Gasteiger partial charge in [-0.3, -0.25) is 0 Å². The molecule has 0 radical (unpaired) electrons. The van der Waals surface area contributed by atoms with Gasteiger partial charge in [0.25, 0.3) is 0 Å². The zero-order valence-electron chi connectivity index (χ0n) is 19.4. The molecule has 0 spiro atoms. The van der Waals surface area contributed by atoms with Crippen LogP contribution in [0.3, 0.4) is 0 Å². The lowest BCUT2D eigenvalue weighted by molar-refractivity contribution is 0.0714. The van der Waals surface area contributed by atoms with E-state index in [1.54, 1.807) is 6.20 Å². The molecule has 0 atom stereocenters. The average Bonchev–Trinajstić information content (AvgIpc) is 2.82. The van der Waals surface area contributed by atoms with Crippen LogP contribution in [0.2, 0.25) is 0 Å². The van der Waals surface area contributed by atoms with Gasteiger partial charge in [-0.1, -0.05) is 48.5 Å². The maximum atomic E-state index is 9.91. The first-order valence-electron chi connectivity index (χ1n) is 11.2. The third-order valence-corrected chi connectivity index (χ3v) is 5.58. The number of aryl methyl sites for hydroxylation is 1. The van der Waals surface area contributed by atoms with Crippen LogP contribution in [0, 0.1) is 6.92 Å². The van der Waals surface area contributed by atoms with E-state index in [4.69, 9.17) is 14.5 Å². The number of para-hydroxylation sites is 1. The molecule has 5 heteroatoms. The molecule has 0 unspecified atom stereocenters. The van der Waals surface area contributed by atoms with Crippen molar-refractivity contribution in [3.63, 3.8) is 0 Å². The zero-order valence-corrected chi connectivity index (χ0v) is 19.4.